The second-order valence-electron chi connectivity index (χ2n) is 4.96. The van der Waals surface area contributed by atoms with Crippen molar-refractivity contribution >= 4 is 24.0 Å². The Morgan fingerprint density at radius 3 is 2.65 bits per heavy atom. The van der Waals surface area contributed by atoms with Gasteiger partial charge in [-0.3, -0.25) is 10.1 Å². The lowest BCUT2D eigenvalue weighted by Crippen LogP contribution is -2.40. The predicted molar refractivity (Wildman–Crippen MR) is 72.8 cm³/mol. The van der Waals surface area contributed by atoms with Crippen molar-refractivity contribution in [2.45, 2.75) is 24.6 Å². The number of carbonyl (C=O) groups excluding carboxylic acids is 3. The molecule has 0 aliphatic carbocycles. The first-order chi connectivity index (χ1) is 10.8. The predicted octanol–water partition coefficient (Wildman–Crippen LogP) is 2.05. The maximum atomic E-state index is 12.8. The molecule has 2 rings (SSSR count). The Morgan fingerprint density at radius 2 is 2.09 bits per heavy atom. The molecule has 0 saturated carbocycles. The quantitative estimate of drug-likeness (QED) is 0.811. The number of halogens is 3. The number of methoxy groups -OCH3 is 1. The first kappa shape index (κ1) is 16.8. The Bertz CT molecular complexity index is 645. The van der Waals surface area contributed by atoms with Gasteiger partial charge in [-0.05, 0) is 30.2 Å². The number of alkyl carbamates (subject to hydrolysis) is 1. The molecular weight excluding hydrogens is 317 g/mol. The summed E-state index contributed by atoms with van der Waals surface area (Å²) in [7, 11) is 1.05. The zero-order chi connectivity index (χ0) is 17.2. The Balaban J connectivity index is 2.41. The maximum Gasteiger partial charge on any atom is 0.416 e. The highest BCUT2D eigenvalue weighted by atomic mass is 19.4. The summed E-state index contributed by atoms with van der Waals surface area (Å²) in [5, 5.41) is 4.66. The molecule has 1 aromatic rings. The number of anilines is 1. The lowest BCUT2D eigenvalue weighted by molar-refractivity contribution is -0.137. The van der Waals surface area contributed by atoms with Gasteiger partial charge in [-0.1, -0.05) is 0 Å². The van der Waals surface area contributed by atoms with E-state index in [1.807, 2.05) is 5.32 Å². The van der Waals surface area contributed by atoms with Gasteiger partial charge in [0.25, 0.3) is 0 Å². The van der Waals surface area contributed by atoms with Crippen LogP contribution < -0.4 is 10.6 Å². The summed E-state index contributed by atoms with van der Waals surface area (Å²) in [4.78, 5) is 34.2. The number of hydrogen-bond donors (Lipinski definition) is 2. The summed E-state index contributed by atoms with van der Waals surface area (Å²) in [6.45, 7) is 0. The van der Waals surface area contributed by atoms with E-state index < -0.39 is 35.7 Å². The van der Waals surface area contributed by atoms with E-state index in [0.717, 1.165) is 25.3 Å². The van der Waals surface area contributed by atoms with Crippen molar-refractivity contribution < 1.29 is 32.3 Å². The standard InChI is InChI=1S/C14H13F3N2O4/c1-23-13(22)19-12(21)10-5-8(6-20)18-11-3-2-7(4-9(10)11)14(15,16)17/h2-4,6,8,10,18H,5H2,1H3,(H,19,21,22)/t8-,10-/m0/s1. The van der Waals surface area contributed by atoms with Gasteiger partial charge in [-0.25, -0.2) is 4.79 Å². The average molecular weight is 330 g/mol. The summed E-state index contributed by atoms with van der Waals surface area (Å²) < 4.78 is 42.8. The van der Waals surface area contributed by atoms with Gasteiger partial charge in [0.2, 0.25) is 5.91 Å². The number of rotatable bonds is 2. The molecule has 1 heterocycles. The number of amides is 2. The highest BCUT2D eigenvalue weighted by molar-refractivity contribution is 5.97. The maximum absolute atomic E-state index is 12.8. The normalized spacial score (nSPS) is 20.0. The van der Waals surface area contributed by atoms with Gasteiger partial charge in [0.05, 0.1) is 24.6 Å². The molecular formula is C14H13F3N2O4. The van der Waals surface area contributed by atoms with Gasteiger partial charge in [0, 0.05) is 5.69 Å². The monoisotopic (exact) mass is 330 g/mol. The number of fused-ring (bicyclic) bond motifs is 1. The number of nitrogens with one attached hydrogen (secondary N) is 2. The third-order valence-electron chi connectivity index (χ3n) is 3.48. The summed E-state index contributed by atoms with van der Waals surface area (Å²) in [5.41, 5.74) is -0.607. The van der Waals surface area contributed by atoms with Crippen LogP contribution in [0.2, 0.25) is 0 Å². The minimum Gasteiger partial charge on any atom is -0.453 e. The summed E-state index contributed by atoms with van der Waals surface area (Å²) >= 11 is 0. The Hall–Kier alpha value is -2.58. The molecule has 9 heteroatoms. The van der Waals surface area contributed by atoms with Crippen LogP contribution in [0.5, 0.6) is 0 Å². The summed E-state index contributed by atoms with van der Waals surface area (Å²) in [6.07, 6.45) is -5.11. The molecule has 0 unspecified atom stereocenters. The molecule has 0 fully saturated rings. The topological polar surface area (TPSA) is 84.5 Å². The Kier molecular flexibility index (Phi) is 4.57. The third-order valence-corrected chi connectivity index (χ3v) is 3.48. The first-order valence-corrected chi connectivity index (χ1v) is 6.58. The minimum absolute atomic E-state index is 0.0688. The second kappa shape index (κ2) is 6.27. The minimum atomic E-state index is -4.57. The Morgan fingerprint density at radius 1 is 1.39 bits per heavy atom. The number of alkyl halides is 3. The fourth-order valence-corrected chi connectivity index (χ4v) is 2.37. The third kappa shape index (κ3) is 3.61. The fourth-order valence-electron chi connectivity index (χ4n) is 2.37. The van der Waals surface area contributed by atoms with Gasteiger partial charge in [-0.15, -0.1) is 0 Å². The van der Waals surface area contributed by atoms with Crippen LogP contribution in [-0.4, -0.2) is 31.4 Å². The van der Waals surface area contributed by atoms with Crippen molar-refractivity contribution in [3.05, 3.63) is 29.3 Å². The van der Waals surface area contributed by atoms with Crippen LogP contribution in [0, 0.1) is 0 Å². The van der Waals surface area contributed by atoms with Crippen LogP contribution >= 0.6 is 0 Å². The van der Waals surface area contributed by atoms with E-state index in [-0.39, 0.29) is 17.7 Å². The molecule has 1 aliphatic heterocycles. The van der Waals surface area contributed by atoms with Gasteiger partial charge < -0.3 is 14.8 Å². The zero-order valence-electron chi connectivity index (χ0n) is 11.9. The van der Waals surface area contributed by atoms with E-state index >= 15 is 0 Å². The van der Waals surface area contributed by atoms with E-state index in [4.69, 9.17) is 0 Å². The van der Waals surface area contributed by atoms with E-state index in [1.54, 1.807) is 0 Å². The van der Waals surface area contributed by atoms with Gasteiger partial charge in [-0.2, -0.15) is 13.2 Å². The molecule has 0 saturated heterocycles. The molecule has 0 spiro atoms. The van der Waals surface area contributed by atoms with Gasteiger partial charge in [0.1, 0.15) is 6.29 Å². The van der Waals surface area contributed by atoms with E-state index in [1.165, 1.54) is 0 Å². The lowest BCUT2D eigenvalue weighted by Gasteiger charge is -2.30. The molecule has 1 aromatic carbocycles. The summed E-state index contributed by atoms with van der Waals surface area (Å²) in [6, 6.07) is 2.11. The van der Waals surface area contributed by atoms with E-state index in [2.05, 4.69) is 10.1 Å². The van der Waals surface area contributed by atoms with Gasteiger partial charge in [0.15, 0.2) is 0 Å². The lowest BCUT2D eigenvalue weighted by atomic mass is 9.85. The Labute approximate surface area is 129 Å². The highest BCUT2D eigenvalue weighted by Crippen LogP contribution is 2.38. The summed E-state index contributed by atoms with van der Waals surface area (Å²) in [5.74, 6) is -1.91. The van der Waals surface area contributed by atoms with Crippen LogP contribution in [0.25, 0.3) is 0 Å². The van der Waals surface area contributed by atoms with Crippen LogP contribution in [0.4, 0.5) is 23.7 Å². The van der Waals surface area contributed by atoms with E-state index in [0.29, 0.717) is 6.29 Å². The largest absolute Gasteiger partial charge is 0.453 e. The molecule has 2 atom stereocenters. The number of carbonyl (C=O) groups is 3. The zero-order valence-corrected chi connectivity index (χ0v) is 11.9. The number of ether oxygens (including phenoxy) is 1. The van der Waals surface area contributed by atoms with Crippen LogP contribution in [0.15, 0.2) is 18.2 Å². The van der Waals surface area contributed by atoms with Crippen LogP contribution in [0.1, 0.15) is 23.5 Å². The number of aldehydes is 1. The van der Waals surface area contributed by atoms with Crippen molar-refractivity contribution in [3.63, 3.8) is 0 Å². The fraction of sp³-hybridized carbons (Fsp3) is 0.357. The van der Waals surface area contributed by atoms with Crippen molar-refractivity contribution in [1.82, 2.24) is 5.32 Å². The van der Waals surface area contributed by atoms with E-state index in [9.17, 15) is 27.6 Å². The van der Waals surface area contributed by atoms with Gasteiger partial charge >= 0.3 is 12.3 Å². The number of imide groups is 1. The first-order valence-electron chi connectivity index (χ1n) is 6.58. The molecule has 124 valence electrons. The number of benzene rings is 1. The van der Waals surface area contributed by atoms with Crippen molar-refractivity contribution in [3.8, 4) is 0 Å². The molecule has 0 bridgehead atoms. The average Bonchev–Trinajstić information content (AvgIpc) is 2.51. The molecule has 2 amide bonds. The molecule has 1 aliphatic rings. The molecule has 6 nitrogen and oxygen atoms in total. The second-order valence-corrected chi connectivity index (χ2v) is 4.96. The molecule has 0 radical (unpaired) electrons. The van der Waals surface area contributed by atoms with Crippen LogP contribution in [0.3, 0.4) is 0 Å². The van der Waals surface area contributed by atoms with Crippen LogP contribution in [-0.2, 0) is 20.5 Å². The molecule has 0 aromatic heterocycles. The SMILES string of the molecule is COC(=O)NC(=O)[C@H]1C[C@@H](C=O)Nc2ccc(C(F)(F)F)cc21. The van der Waals surface area contributed by atoms with Crippen molar-refractivity contribution in [1.29, 1.82) is 0 Å². The molecule has 23 heavy (non-hydrogen) atoms. The highest BCUT2D eigenvalue weighted by Gasteiger charge is 2.36. The van der Waals surface area contributed by atoms with Crippen molar-refractivity contribution in [2.75, 3.05) is 12.4 Å². The molecule has 2 N–H and O–H groups in total. The number of hydrogen-bond acceptors (Lipinski definition) is 5. The smallest absolute Gasteiger partial charge is 0.416 e. The van der Waals surface area contributed by atoms with Crippen molar-refractivity contribution in [2.24, 2.45) is 0 Å².